The van der Waals surface area contributed by atoms with Crippen LogP contribution in [0.5, 0.6) is 0 Å². The first-order valence-corrected chi connectivity index (χ1v) is 4.86. The smallest absolute Gasteiger partial charge is 0.104 e. The van der Waals surface area contributed by atoms with Crippen molar-refractivity contribution < 1.29 is 0 Å². The van der Waals surface area contributed by atoms with Gasteiger partial charge in [0, 0.05) is 0 Å². The molecule has 3 heteroatoms. The zero-order valence-corrected chi connectivity index (χ0v) is 9.64. The van der Waals surface area contributed by atoms with Gasteiger partial charge in [0.1, 0.15) is 4.64 Å². The molecule has 0 aromatic carbocycles. The lowest BCUT2D eigenvalue weighted by Gasteiger charge is -2.01. The summed E-state index contributed by atoms with van der Waals surface area (Å²) in [5.74, 6) is 0. The van der Waals surface area contributed by atoms with Crippen molar-refractivity contribution in [3.05, 3.63) is 21.8 Å². The van der Waals surface area contributed by atoms with Crippen molar-refractivity contribution in [3.8, 4) is 0 Å². The Morgan fingerprint density at radius 3 is 2.25 bits per heavy atom. The zero-order valence-electron chi connectivity index (χ0n) is 7.93. The van der Waals surface area contributed by atoms with E-state index in [9.17, 15) is 0 Å². The molecule has 0 saturated carbocycles. The summed E-state index contributed by atoms with van der Waals surface area (Å²) < 4.78 is 0.744. The third-order valence-corrected chi connectivity index (χ3v) is 2.20. The lowest BCUT2D eigenvalue weighted by Crippen LogP contribution is -1.86. The molecule has 0 atom stereocenters. The van der Waals surface area contributed by atoms with Crippen molar-refractivity contribution in [2.45, 2.75) is 32.7 Å². The van der Waals surface area contributed by atoms with Crippen LogP contribution in [0.25, 0.3) is 0 Å². The average Bonchev–Trinajstić information content (AvgIpc) is 2.04. The van der Waals surface area contributed by atoms with Gasteiger partial charge in [-0.2, -0.15) is 0 Å². The van der Waals surface area contributed by atoms with E-state index in [0.29, 0.717) is 0 Å². The first-order chi connectivity index (χ1) is 5.61. The fraction of sp³-hybridized carbons (Fsp3) is 0.444. The third kappa shape index (κ3) is 2.99. The largest absolute Gasteiger partial charge is 0.341 e. The highest BCUT2D eigenvalue weighted by atomic mass is 32.1. The SMILES string of the molecule is CC.Cc1cc(=S)[nH]c(S)c1C. The van der Waals surface area contributed by atoms with Crippen molar-refractivity contribution in [1.82, 2.24) is 4.98 Å². The van der Waals surface area contributed by atoms with Gasteiger partial charge in [0.15, 0.2) is 0 Å². The predicted molar refractivity (Wildman–Crippen MR) is 59.7 cm³/mol. The summed E-state index contributed by atoms with van der Waals surface area (Å²) in [7, 11) is 0. The van der Waals surface area contributed by atoms with Crippen molar-refractivity contribution in [1.29, 1.82) is 0 Å². The van der Waals surface area contributed by atoms with Crippen LogP contribution in [0.4, 0.5) is 0 Å². The number of thiol groups is 1. The van der Waals surface area contributed by atoms with Gasteiger partial charge in [-0.25, -0.2) is 0 Å². The Kier molecular flexibility index (Phi) is 5.25. The number of hydrogen-bond donors (Lipinski definition) is 2. The Balaban J connectivity index is 0.000000561. The predicted octanol–water partition coefficient (Wildman–Crippen LogP) is 3.68. The number of aryl methyl sites for hydroxylation is 1. The first-order valence-electron chi connectivity index (χ1n) is 4.01. The third-order valence-electron chi connectivity index (χ3n) is 1.54. The summed E-state index contributed by atoms with van der Waals surface area (Å²) in [4.78, 5) is 2.96. The molecule has 0 amide bonds. The fourth-order valence-corrected chi connectivity index (χ4v) is 1.39. The molecule has 1 aromatic rings. The molecule has 1 heterocycles. The number of aromatic amines is 1. The van der Waals surface area contributed by atoms with E-state index in [1.54, 1.807) is 0 Å². The van der Waals surface area contributed by atoms with Gasteiger partial charge in [0.05, 0.1) is 5.03 Å². The Labute approximate surface area is 84.6 Å². The quantitative estimate of drug-likeness (QED) is 0.483. The summed E-state index contributed by atoms with van der Waals surface area (Å²) in [5.41, 5.74) is 2.35. The molecule has 0 radical (unpaired) electrons. The van der Waals surface area contributed by atoms with Gasteiger partial charge in [-0.05, 0) is 31.0 Å². The van der Waals surface area contributed by atoms with Crippen LogP contribution in [0.1, 0.15) is 25.0 Å². The minimum absolute atomic E-state index is 0.744. The van der Waals surface area contributed by atoms with Gasteiger partial charge in [-0.15, -0.1) is 12.6 Å². The summed E-state index contributed by atoms with van der Waals surface area (Å²) >= 11 is 9.16. The minimum atomic E-state index is 0.744. The lowest BCUT2D eigenvalue weighted by molar-refractivity contribution is 1.05. The molecular formula is C9H15NS2. The molecule has 1 N–H and O–H groups in total. The van der Waals surface area contributed by atoms with E-state index in [1.165, 1.54) is 5.56 Å². The van der Waals surface area contributed by atoms with Crippen LogP contribution < -0.4 is 0 Å². The highest BCUT2D eigenvalue weighted by Gasteiger charge is 1.95. The summed E-state index contributed by atoms with van der Waals surface area (Å²) in [6.45, 7) is 8.04. The highest BCUT2D eigenvalue weighted by Crippen LogP contribution is 2.13. The van der Waals surface area contributed by atoms with E-state index >= 15 is 0 Å². The number of H-pyrrole nitrogens is 1. The van der Waals surface area contributed by atoms with E-state index in [4.69, 9.17) is 12.2 Å². The summed E-state index contributed by atoms with van der Waals surface area (Å²) in [6.07, 6.45) is 0. The van der Waals surface area contributed by atoms with Crippen LogP contribution in [-0.4, -0.2) is 4.98 Å². The standard InChI is InChI=1S/C7H9NS2.C2H6/c1-4-3-6(9)8-7(10)5(4)2;1-2/h3H,1-2H3,(H2,8,9,10);1-2H3. The second kappa shape index (κ2) is 5.38. The average molecular weight is 201 g/mol. The molecule has 0 bridgehead atoms. The summed E-state index contributed by atoms with van der Waals surface area (Å²) in [5, 5.41) is 0.866. The number of hydrogen-bond acceptors (Lipinski definition) is 2. The molecule has 0 aliphatic rings. The van der Waals surface area contributed by atoms with E-state index < -0.39 is 0 Å². The van der Waals surface area contributed by atoms with Crippen LogP contribution >= 0.6 is 24.8 Å². The number of nitrogens with one attached hydrogen (secondary N) is 1. The molecule has 0 aliphatic heterocycles. The second-order valence-electron chi connectivity index (χ2n) is 2.29. The number of aromatic nitrogens is 1. The van der Waals surface area contributed by atoms with Crippen LogP contribution in [0.15, 0.2) is 11.1 Å². The molecule has 12 heavy (non-hydrogen) atoms. The minimum Gasteiger partial charge on any atom is -0.341 e. The van der Waals surface area contributed by atoms with Crippen LogP contribution in [-0.2, 0) is 0 Å². The van der Waals surface area contributed by atoms with Gasteiger partial charge in [0.2, 0.25) is 0 Å². The Hall–Kier alpha value is -0.280. The number of rotatable bonds is 0. The van der Waals surface area contributed by atoms with E-state index in [1.807, 2.05) is 33.8 Å². The van der Waals surface area contributed by atoms with Crippen LogP contribution in [0.3, 0.4) is 0 Å². The molecule has 1 rings (SSSR count). The zero-order chi connectivity index (χ0) is 9.72. The second-order valence-corrected chi connectivity index (χ2v) is 3.18. The maximum Gasteiger partial charge on any atom is 0.104 e. The highest BCUT2D eigenvalue weighted by molar-refractivity contribution is 7.80. The molecule has 68 valence electrons. The van der Waals surface area contributed by atoms with Gasteiger partial charge >= 0.3 is 0 Å². The first kappa shape index (κ1) is 11.7. The monoisotopic (exact) mass is 201 g/mol. The number of pyridine rings is 1. The van der Waals surface area contributed by atoms with Crippen molar-refractivity contribution in [2.75, 3.05) is 0 Å². The van der Waals surface area contributed by atoms with Crippen LogP contribution in [0.2, 0.25) is 0 Å². The van der Waals surface area contributed by atoms with Crippen molar-refractivity contribution in [2.24, 2.45) is 0 Å². The molecule has 0 unspecified atom stereocenters. The maximum absolute atomic E-state index is 4.94. The Morgan fingerprint density at radius 2 is 1.83 bits per heavy atom. The van der Waals surface area contributed by atoms with E-state index in [2.05, 4.69) is 17.6 Å². The molecular weight excluding hydrogens is 186 g/mol. The normalized spacial score (nSPS) is 8.75. The molecule has 0 aliphatic carbocycles. The van der Waals surface area contributed by atoms with Gasteiger partial charge in [-0.1, -0.05) is 26.1 Å². The van der Waals surface area contributed by atoms with E-state index in [-0.39, 0.29) is 0 Å². The van der Waals surface area contributed by atoms with Crippen molar-refractivity contribution >= 4 is 24.8 Å². The van der Waals surface area contributed by atoms with Gasteiger partial charge < -0.3 is 4.98 Å². The molecule has 0 spiro atoms. The topological polar surface area (TPSA) is 15.8 Å². The molecule has 0 saturated heterocycles. The lowest BCUT2D eigenvalue weighted by atomic mass is 10.2. The molecule has 0 fully saturated rings. The van der Waals surface area contributed by atoms with Crippen LogP contribution in [0, 0.1) is 18.5 Å². The molecule has 1 nitrogen and oxygen atoms in total. The summed E-state index contributed by atoms with van der Waals surface area (Å²) in [6, 6.07) is 1.93. The van der Waals surface area contributed by atoms with E-state index in [0.717, 1.165) is 15.2 Å². The maximum atomic E-state index is 4.94. The van der Waals surface area contributed by atoms with Crippen molar-refractivity contribution in [3.63, 3.8) is 0 Å². The Morgan fingerprint density at radius 1 is 1.33 bits per heavy atom. The van der Waals surface area contributed by atoms with Gasteiger partial charge in [-0.3, -0.25) is 0 Å². The Bertz CT molecular complexity index is 276. The molecule has 1 aromatic heterocycles. The van der Waals surface area contributed by atoms with Gasteiger partial charge in [0.25, 0.3) is 0 Å². The fourth-order valence-electron chi connectivity index (χ4n) is 0.738.